The third-order valence-electron chi connectivity index (χ3n) is 3.53. The van der Waals surface area contributed by atoms with Crippen LogP contribution in [-0.4, -0.2) is 40.5 Å². The fraction of sp³-hybridized carbons (Fsp3) is 0.312. The summed E-state index contributed by atoms with van der Waals surface area (Å²) < 4.78 is 35.2. The van der Waals surface area contributed by atoms with E-state index in [9.17, 15) is 23.7 Å². The third-order valence-corrected chi connectivity index (χ3v) is 3.53. The predicted octanol–water partition coefficient (Wildman–Crippen LogP) is 2.19. The third kappa shape index (κ3) is 5.72. The molecule has 0 aliphatic heterocycles. The number of carbonyl (C=O) groups is 1. The molecule has 1 amide bonds. The summed E-state index contributed by atoms with van der Waals surface area (Å²) in [5.74, 6) is -1.03. The summed E-state index contributed by atoms with van der Waals surface area (Å²) in [5.41, 5.74) is 2.64. The number of hydrazone groups is 1. The molecule has 0 spiro atoms. The van der Waals surface area contributed by atoms with Gasteiger partial charge in [0.25, 0.3) is 0 Å². The maximum atomic E-state index is 12.3. The first-order valence-corrected chi connectivity index (χ1v) is 7.92. The highest BCUT2D eigenvalue weighted by Crippen LogP contribution is 2.28. The van der Waals surface area contributed by atoms with E-state index >= 15 is 0 Å². The topological polar surface area (TPSA) is 121 Å². The molecule has 2 aromatic rings. The monoisotopic (exact) mass is 397 g/mol. The van der Waals surface area contributed by atoms with Crippen LogP contribution in [0.25, 0.3) is 0 Å². The molecule has 2 rings (SSSR count). The predicted molar refractivity (Wildman–Crippen MR) is 93.4 cm³/mol. The highest BCUT2D eigenvalue weighted by Gasteiger charge is 2.16. The zero-order valence-corrected chi connectivity index (χ0v) is 14.9. The van der Waals surface area contributed by atoms with Gasteiger partial charge in [-0.1, -0.05) is 6.92 Å². The largest absolute Gasteiger partial charge is 0.493 e. The Morgan fingerprint density at radius 2 is 2.21 bits per heavy atom. The van der Waals surface area contributed by atoms with Crippen molar-refractivity contribution in [2.45, 2.75) is 20.1 Å². The van der Waals surface area contributed by atoms with Crippen LogP contribution >= 0.6 is 0 Å². The lowest BCUT2D eigenvalue weighted by molar-refractivity contribution is -0.385. The molecule has 0 unspecified atom stereocenters. The molecule has 0 saturated heterocycles. The molecule has 0 fully saturated rings. The van der Waals surface area contributed by atoms with Crippen LogP contribution in [0.15, 0.2) is 35.7 Å². The summed E-state index contributed by atoms with van der Waals surface area (Å²) in [4.78, 5) is 22.1. The van der Waals surface area contributed by atoms with E-state index in [0.29, 0.717) is 5.56 Å². The van der Waals surface area contributed by atoms with Gasteiger partial charge in [0.2, 0.25) is 5.91 Å². The molecule has 0 aliphatic carbocycles. The number of carbonyl (C=O) groups excluding carboxylic acids is 1. The molecule has 0 aliphatic rings. The number of hydrogen-bond acceptors (Lipinski definition) is 7. The first kappa shape index (κ1) is 20.7. The molecule has 0 saturated carbocycles. The number of aromatic nitrogens is 2. The lowest BCUT2D eigenvalue weighted by Gasteiger charge is -2.10. The number of rotatable bonds is 9. The van der Waals surface area contributed by atoms with Crippen molar-refractivity contribution in [3.05, 3.63) is 46.3 Å². The van der Waals surface area contributed by atoms with Crippen LogP contribution in [0.2, 0.25) is 0 Å². The van der Waals surface area contributed by atoms with Crippen molar-refractivity contribution >= 4 is 17.8 Å². The van der Waals surface area contributed by atoms with Gasteiger partial charge in [0.15, 0.2) is 11.5 Å². The van der Waals surface area contributed by atoms with Gasteiger partial charge in [-0.25, -0.2) is 5.43 Å². The van der Waals surface area contributed by atoms with Crippen molar-refractivity contribution in [3.63, 3.8) is 0 Å². The summed E-state index contributed by atoms with van der Waals surface area (Å²) >= 11 is 0. The number of hydrogen-bond donors (Lipinski definition) is 1. The van der Waals surface area contributed by atoms with Crippen LogP contribution in [-0.2, 0) is 11.3 Å². The van der Waals surface area contributed by atoms with Crippen LogP contribution in [0, 0.1) is 16.0 Å². The Labute approximate surface area is 157 Å². The van der Waals surface area contributed by atoms with E-state index in [1.807, 2.05) is 0 Å². The normalized spacial score (nSPS) is 12.2. The van der Waals surface area contributed by atoms with Crippen LogP contribution in [0.5, 0.6) is 11.5 Å². The number of methoxy groups -OCH3 is 1. The minimum absolute atomic E-state index is 0.0872. The van der Waals surface area contributed by atoms with Crippen molar-refractivity contribution in [1.29, 1.82) is 0 Å². The molecule has 28 heavy (non-hydrogen) atoms. The van der Waals surface area contributed by atoms with Gasteiger partial charge in [-0.3, -0.25) is 19.6 Å². The van der Waals surface area contributed by atoms with Gasteiger partial charge < -0.3 is 9.47 Å². The summed E-state index contributed by atoms with van der Waals surface area (Å²) in [6.45, 7) is -1.24. The molecule has 1 atom stereocenters. The van der Waals surface area contributed by atoms with E-state index in [4.69, 9.17) is 4.74 Å². The van der Waals surface area contributed by atoms with Gasteiger partial charge >= 0.3 is 12.3 Å². The molecule has 1 aromatic heterocycles. The number of benzene rings is 1. The Kier molecular flexibility index (Phi) is 6.96. The van der Waals surface area contributed by atoms with E-state index in [-0.39, 0.29) is 23.7 Å². The maximum absolute atomic E-state index is 12.3. The summed E-state index contributed by atoms with van der Waals surface area (Å²) in [5, 5.41) is 18.2. The van der Waals surface area contributed by atoms with Crippen LogP contribution < -0.4 is 14.9 Å². The molecule has 0 bridgehead atoms. The van der Waals surface area contributed by atoms with Crippen LogP contribution in [0.1, 0.15) is 12.5 Å². The lowest BCUT2D eigenvalue weighted by Crippen LogP contribution is -2.28. The zero-order valence-electron chi connectivity index (χ0n) is 14.9. The molecule has 0 radical (unpaired) electrons. The number of amides is 1. The second-order valence-corrected chi connectivity index (χ2v) is 5.60. The van der Waals surface area contributed by atoms with Crippen molar-refractivity contribution in [2.24, 2.45) is 11.0 Å². The second kappa shape index (κ2) is 9.39. The number of nitrogens with one attached hydrogen (secondary N) is 1. The van der Waals surface area contributed by atoms with Crippen molar-refractivity contribution < 1.29 is 28.0 Å². The minimum Gasteiger partial charge on any atom is -0.493 e. The van der Waals surface area contributed by atoms with Crippen molar-refractivity contribution in [2.75, 3.05) is 7.11 Å². The van der Waals surface area contributed by atoms with Gasteiger partial charge in [-0.2, -0.15) is 19.0 Å². The van der Waals surface area contributed by atoms with Crippen LogP contribution in [0.3, 0.4) is 0 Å². The van der Waals surface area contributed by atoms with E-state index in [1.165, 1.54) is 42.4 Å². The Morgan fingerprint density at radius 3 is 2.82 bits per heavy atom. The van der Waals surface area contributed by atoms with E-state index < -0.39 is 23.4 Å². The number of ether oxygens (including phenoxy) is 2. The van der Waals surface area contributed by atoms with Crippen molar-refractivity contribution in [3.8, 4) is 11.5 Å². The fourth-order valence-electron chi connectivity index (χ4n) is 2.15. The van der Waals surface area contributed by atoms with E-state index in [2.05, 4.69) is 20.4 Å². The molecule has 1 aromatic carbocycles. The van der Waals surface area contributed by atoms with Gasteiger partial charge in [-0.15, -0.1) is 0 Å². The second-order valence-electron chi connectivity index (χ2n) is 5.60. The molecule has 150 valence electrons. The average Bonchev–Trinajstić information content (AvgIpc) is 3.11. The summed E-state index contributed by atoms with van der Waals surface area (Å²) in [6, 6.07) is 4.17. The zero-order chi connectivity index (χ0) is 20.7. The minimum atomic E-state index is -2.98. The SMILES string of the molecule is COc1cc(/C=N\NC(=O)[C@@H](C)Cn2cc([N+](=O)[O-])cn2)ccc1OC(F)F. The van der Waals surface area contributed by atoms with Gasteiger partial charge in [-0.05, 0) is 23.8 Å². The average molecular weight is 397 g/mol. The number of alkyl halides is 2. The molecule has 1 heterocycles. The van der Waals surface area contributed by atoms with Crippen molar-refractivity contribution in [1.82, 2.24) is 15.2 Å². The number of nitrogens with zero attached hydrogens (tertiary/aromatic N) is 4. The van der Waals surface area contributed by atoms with Gasteiger partial charge in [0.05, 0.1) is 30.7 Å². The van der Waals surface area contributed by atoms with Crippen LogP contribution in [0.4, 0.5) is 14.5 Å². The first-order chi connectivity index (χ1) is 13.3. The standard InChI is InChI=1S/C16H17F2N5O5/c1-10(8-22-9-12(7-20-22)23(25)26)15(24)21-19-6-11-3-4-13(28-16(17)18)14(5-11)27-2/h3-7,9-10,16H,8H2,1-2H3,(H,21,24)/b19-6-/t10-/m0/s1. The Balaban J connectivity index is 1.93. The van der Waals surface area contributed by atoms with Gasteiger partial charge in [0.1, 0.15) is 12.4 Å². The smallest absolute Gasteiger partial charge is 0.387 e. The Bertz CT molecular complexity index is 871. The molecular weight excluding hydrogens is 380 g/mol. The first-order valence-electron chi connectivity index (χ1n) is 7.92. The lowest BCUT2D eigenvalue weighted by atomic mass is 10.2. The number of nitro groups is 1. The molecule has 12 heteroatoms. The Morgan fingerprint density at radius 1 is 1.46 bits per heavy atom. The highest BCUT2D eigenvalue weighted by molar-refractivity contribution is 5.83. The van der Waals surface area contributed by atoms with Gasteiger partial charge in [0, 0.05) is 0 Å². The summed E-state index contributed by atoms with van der Waals surface area (Å²) in [6.07, 6.45) is 3.62. The summed E-state index contributed by atoms with van der Waals surface area (Å²) in [7, 11) is 1.30. The van der Waals surface area contributed by atoms with E-state index in [0.717, 1.165) is 6.20 Å². The quantitative estimate of drug-likeness (QED) is 0.393. The highest BCUT2D eigenvalue weighted by atomic mass is 19.3. The number of halogens is 2. The fourth-order valence-corrected chi connectivity index (χ4v) is 2.15. The molecule has 1 N–H and O–H groups in total. The maximum Gasteiger partial charge on any atom is 0.387 e. The Hall–Kier alpha value is -3.57. The molecular formula is C16H17F2N5O5. The molecule has 10 nitrogen and oxygen atoms in total. The van der Waals surface area contributed by atoms with E-state index in [1.54, 1.807) is 6.92 Å².